The van der Waals surface area contributed by atoms with Crippen molar-refractivity contribution in [2.75, 3.05) is 7.11 Å². The van der Waals surface area contributed by atoms with Crippen LogP contribution in [-0.2, 0) is 10.6 Å². The Kier molecular flexibility index (Phi) is 3.53. The Balaban J connectivity index is 2.82. The third kappa shape index (κ3) is 2.39. The molecule has 2 rings (SSSR count). The summed E-state index contributed by atoms with van der Waals surface area (Å²) in [6.45, 7) is 3.15. The van der Waals surface area contributed by atoms with Crippen molar-refractivity contribution in [2.45, 2.75) is 25.9 Å². The van der Waals surface area contributed by atoms with E-state index in [4.69, 9.17) is 4.42 Å². The Morgan fingerprint density at radius 2 is 1.81 bits per heavy atom. The van der Waals surface area contributed by atoms with Crippen LogP contribution in [0.3, 0.4) is 0 Å². The molecule has 0 amide bonds. The molecule has 0 N–H and O–H groups in total. The van der Waals surface area contributed by atoms with E-state index in [1.54, 1.807) is 19.9 Å². The van der Waals surface area contributed by atoms with Crippen molar-refractivity contribution in [3.63, 3.8) is 0 Å². The zero-order chi connectivity index (χ0) is 16.0. The van der Waals surface area contributed by atoms with Gasteiger partial charge in [0.1, 0.15) is 0 Å². The summed E-state index contributed by atoms with van der Waals surface area (Å²) in [7, 11) is 0.534. The molecule has 2 aromatic heterocycles. The van der Waals surface area contributed by atoms with Gasteiger partial charge in [0, 0.05) is 18.9 Å². The minimum absolute atomic E-state index is 0.00461. The van der Waals surface area contributed by atoms with Gasteiger partial charge in [-0.2, -0.15) is 17.6 Å². The summed E-state index contributed by atoms with van der Waals surface area (Å²) >= 11 is 0. The monoisotopic (exact) mass is 305 g/mol. The molecular formula is C13H11F4NO3. The van der Waals surface area contributed by atoms with E-state index in [0.29, 0.717) is 24.4 Å². The Bertz CT molecular complexity index is 753. The lowest BCUT2D eigenvalue weighted by molar-refractivity contribution is -0.339. The van der Waals surface area contributed by atoms with Crippen LogP contribution in [0.1, 0.15) is 17.0 Å². The first-order valence-corrected chi connectivity index (χ1v) is 5.83. The van der Waals surface area contributed by atoms with Gasteiger partial charge in [0.2, 0.25) is 5.71 Å². The van der Waals surface area contributed by atoms with Crippen molar-refractivity contribution in [2.24, 2.45) is 0 Å². The zero-order valence-electron chi connectivity index (χ0n) is 11.3. The summed E-state index contributed by atoms with van der Waals surface area (Å²) in [6.07, 6.45) is -5.40. The van der Waals surface area contributed by atoms with Crippen LogP contribution in [0.2, 0.25) is 0 Å². The number of rotatable bonds is 2. The first-order valence-electron chi connectivity index (χ1n) is 5.83. The number of alkyl halides is 4. The minimum Gasteiger partial charge on any atom is -0.436 e. The number of pyridine rings is 1. The van der Waals surface area contributed by atoms with Crippen LogP contribution in [0.4, 0.5) is 17.6 Å². The molecule has 0 fully saturated rings. The van der Waals surface area contributed by atoms with Gasteiger partial charge in [0.15, 0.2) is 11.2 Å². The van der Waals surface area contributed by atoms with E-state index in [9.17, 15) is 22.4 Å². The Morgan fingerprint density at radius 3 is 2.33 bits per heavy atom. The number of halogens is 4. The molecular weight excluding hydrogens is 294 g/mol. The highest BCUT2D eigenvalue weighted by Gasteiger charge is 2.61. The second kappa shape index (κ2) is 4.80. The molecule has 8 heteroatoms. The molecule has 0 aliphatic carbocycles. The lowest BCUT2D eigenvalue weighted by atomic mass is 10.1. The highest BCUT2D eigenvalue weighted by molar-refractivity contribution is 5.76. The molecule has 0 spiro atoms. The van der Waals surface area contributed by atoms with Gasteiger partial charge in [-0.05, 0) is 25.5 Å². The smallest absolute Gasteiger partial charge is 0.436 e. The molecule has 0 bridgehead atoms. The molecule has 1 atom stereocenters. The van der Waals surface area contributed by atoms with Crippen molar-refractivity contribution in [1.29, 1.82) is 0 Å². The summed E-state index contributed by atoms with van der Waals surface area (Å²) in [5.74, 6) is -5.49. The van der Waals surface area contributed by atoms with Crippen molar-refractivity contribution < 1.29 is 26.7 Å². The summed E-state index contributed by atoms with van der Waals surface area (Å²) in [4.78, 5) is 15.8. The predicted octanol–water partition coefficient (Wildman–Crippen LogP) is 3.14. The van der Waals surface area contributed by atoms with Crippen LogP contribution in [-0.4, -0.2) is 18.3 Å². The summed E-state index contributed by atoms with van der Waals surface area (Å²) < 4.78 is 61.2. The van der Waals surface area contributed by atoms with Crippen LogP contribution < -0.4 is 5.43 Å². The largest absolute Gasteiger partial charge is 0.456 e. The SMILES string of the molecule is COC(F)(c1cc(=O)c2c(C)cc(C)nc2o1)C(F)(F)F. The number of fused-ring (bicyclic) bond motifs is 1. The summed E-state index contributed by atoms with van der Waals surface area (Å²) in [5, 5.41) is 0.00461. The highest BCUT2D eigenvalue weighted by atomic mass is 19.4. The number of aromatic nitrogens is 1. The maximum absolute atomic E-state index is 14.1. The van der Waals surface area contributed by atoms with Crippen molar-refractivity contribution in [3.8, 4) is 0 Å². The fraction of sp³-hybridized carbons (Fsp3) is 0.385. The molecule has 2 heterocycles. The number of aryl methyl sites for hydroxylation is 2. The molecule has 0 aromatic carbocycles. The topological polar surface area (TPSA) is 52.3 Å². The van der Waals surface area contributed by atoms with Crippen LogP contribution in [0.15, 0.2) is 21.3 Å². The number of methoxy groups -OCH3 is 1. The van der Waals surface area contributed by atoms with Crippen molar-refractivity contribution in [3.05, 3.63) is 39.4 Å². The molecule has 0 aliphatic rings. The molecule has 114 valence electrons. The van der Waals surface area contributed by atoms with Gasteiger partial charge in [0.25, 0.3) is 0 Å². The van der Waals surface area contributed by atoms with Crippen LogP contribution in [0.5, 0.6) is 0 Å². The molecule has 0 aliphatic heterocycles. The lowest BCUT2D eigenvalue weighted by Crippen LogP contribution is -2.40. The molecule has 1 unspecified atom stereocenters. The van der Waals surface area contributed by atoms with Gasteiger partial charge >= 0.3 is 12.0 Å². The Hall–Kier alpha value is -1.96. The van der Waals surface area contributed by atoms with E-state index in [1.165, 1.54) is 0 Å². The molecule has 4 nitrogen and oxygen atoms in total. The van der Waals surface area contributed by atoms with Crippen molar-refractivity contribution in [1.82, 2.24) is 4.98 Å². The fourth-order valence-electron chi connectivity index (χ4n) is 2.02. The van der Waals surface area contributed by atoms with Gasteiger partial charge in [-0.3, -0.25) is 4.79 Å². The Morgan fingerprint density at radius 1 is 1.19 bits per heavy atom. The average Bonchev–Trinajstić information content (AvgIpc) is 2.34. The van der Waals surface area contributed by atoms with E-state index in [0.717, 1.165) is 0 Å². The first-order chi connectivity index (χ1) is 9.60. The summed E-state index contributed by atoms with van der Waals surface area (Å²) in [5.41, 5.74) is -0.279. The molecule has 21 heavy (non-hydrogen) atoms. The zero-order valence-corrected chi connectivity index (χ0v) is 11.3. The number of nitrogens with zero attached hydrogens (tertiary/aromatic N) is 1. The van der Waals surface area contributed by atoms with E-state index in [2.05, 4.69) is 9.72 Å². The predicted molar refractivity (Wildman–Crippen MR) is 65.6 cm³/mol. The maximum atomic E-state index is 14.1. The van der Waals surface area contributed by atoms with Crippen LogP contribution in [0, 0.1) is 13.8 Å². The number of hydrogen-bond donors (Lipinski definition) is 0. The molecule has 2 aromatic rings. The van der Waals surface area contributed by atoms with E-state index >= 15 is 0 Å². The quantitative estimate of drug-likeness (QED) is 0.800. The van der Waals surface area contributed by atoms with Gasteiger partial charge in [-0.15, -0.1) is 0 Å². The number of hydrogen-bond acceptors (Lipinski definition) is 4. The average molecular weight is 305 g/mol. The Labute approximate surface area is 116 Å². The van der Waals surface area contributed by atoms with Crippen LogP contribution >= 0.6 is 0 Å². The summed E-state index contributed by atoms with van der Waals surface area (Å²) in [6, 6.07) is 2.00. The lowest BCUT2D eigenvalue weighted by Gasteiger charge is -2.24. The molecule has 0 saturated carbocycles. The van der Waals surface area contributed by atoms with E-state index in [-0.39, 0.29) is 11.1 Å². The van der Waals surface area contributed by atoms with Crippen molar-refractivity contribution >= 4 is 11.1 Å². The highest BCUT2D eigenvalue weighted by Crippen LogP contribution is 2.43. The third-order valence-electron chi connectivity index (χ3n) is 2.99. The first kappa shape index (κ1) is 15.4. The van der Waals surface area contributed by atoms with E-state index in [1.807, 2.05) is 0 Å². The normalized spacial score (nSPS) is 15.2. The van der Waals surface area contributed by atoms with Gasteiger partial charge < -0.3 is 9.15 Å². The third-order valence-corrected chi connectivity index (χ3v) is 2.99. The molecule has 0 saturated heterocycles. The number of ether oxygens (including phenoxy) is 1. The van der Waals surface area contributed by atoms with E-state index < -0.39 is 23.2 Å². The van der Waals surface area contributed by atoms with Crippen LogP contribution in [0.25, 0.3) is 11.1 Å². The standard InChI is InChI=1S/C13H11F4NO3/c1-6-4-7(2)18-11-10(6)8(19)5-9(21-11)12(14,20-3)13(15,16)17/h4-5H,1-3H3. The molecule has 0 radical (unpaired) electrons. The van der Waals surface area contributed by atoms with Gasteiger partial charge in [-0.25, -0.2) is 4.98 Å². The fourth-order valence-corrected chi connectivity index (χ4v) is 2.02. The van der Waals surface area contributed by atoms with Gasteiger partial charge in [-0.1, -0.05) is 0 Å². The second-order valence-corrected chi connectivity index (χ2v) is 4.53. The maximum Gasteiger partial charge on any atom is 0.456 e. The second-order valence-electron chi connectivity index (χ2n) is 4.53. The van der Waals surface area contributed by atoms with Gasteiger partial charge in [0.05, 0.1) is 5.39 Å². The minimum atomic E-state index is -5.40.